The van der Waals surface area contributed by atoms with Crippen molar-refractivity contribution in [3.8, 4) is 0 Å². The zero-order valence-electron chi connectivity index (χ0n) is 47.4. The molecule has 9 heteroatoms. The maximum absolute atomic E-state index is 10.6. The van der Waals surface area contributed by atoms with E-state index in [0.717, 1.165) is 181 Å². The van der Waals surface area contributed by atoms with Gasteiger partial charge in [-0.3, -0.25) is 0 Å². The average Bonchev–Trinajstić information content (AvgIpc) is 1.45. The van der Waals surface area contributed by atoms with Gasteiger partial charge in [0.1, 0.15) is 0 Å². The van der Waals surface area contributed by atoms with Crippen molar-refractivity contribution in [1.29, 1.82) is 0 Å². The number of halogens is 6. The van der Waals surface area contributed by atoms with E-state index in [1.54, 1.807) is 77.0 Å². The number of alkyl halides is 6. The van der Waals surface area contributed by atoms with Gasteiger partial charge >= 0.3 is 0 Å². The van der Waals surface area contributed by atoms with Crippen LogP contribution in [0.1, 0.15) is 193 Å². The molecule has 0 spiro atoms. The largest absolute Gasteiger partial charge is 0.412 e. The van der Waals surface area contributed by atoms with Crippen LogP contribution in [0.3, 0.4) is 0 Å². The molecule has 0 amide bonds. The Bertz CT molecular complexity index is 2140. The van der Waals surface area contributed by atoms with Crippen LogP contribution in [-0.2, 0) is 0 Å². The lowest BCUT2D eigenvalue weighted by Gasteiger charge is -2.75. The van der Waals surface area contributed by atoms with Crippen LogP contribution < -0.4 is 0 Å². The molecular weight excluding hydrogens is 1370 g/mol. The Kier molecular flexibility index (Phi) is 10.9. The molecule has 3 nitrogen and oxygen atoms in total. The molecule has 0 saturated heterocycles. The van der Waals surface area contributed by atoms with E-state index in [9.17, 15) is 10.2 Å². The zero-order chi connectivity index (χ0) is 51.7. The van der Waals surface area contributed by atoms with Crippen molar-refractivity contribution in [3.05, 3.63) is 0 Å². The van der Waals surface area contributed by atoms with Gasteiger partial charge in [0.15, 0.2) is 0 Å². The molecule has 0 heterocycles. The Morgan fingerprint density at radius 2 is 0.405 bits per heavy atom. The van der Waals surface area contributed by atoms with Gasteiger partial charge in [0, 0.05) is 25.9 Å². The first-order chi connectivity index (χ1) is 37.2. The fourth-order valence-electron chi connectivity index (χ4n) is 34.0. The van der Waals surface area contributed by atoms with Crippen molar-refractivity contribution in [3.63, 3.8) is 0 Å². The summed E-state index contributed by atoms with van der Waals surface area (Å²) in [5.41, 5.74) is -0.591. The second kappa shape index (κ2) is 16.4. The quantitative estimate of drug-likeness (QED) is 0.237. The van der Waals surface area contributed by atoms with E-state index in [-0.39, 0.29) is 16.7 Å². The van der Waals surface area contributed by atoms with Crippen molar-refractivity contribution < 1.29 is 15.7 Å². The van der Waals surface area contributed by atoms with E-state index in [1.807, 2.05) is 0 Å². The Morgan fingerprint density at radius 3 is 0.684 bits per heavy atom. The highest BCUT2D eigenvalue weighted by molar-refractivity contribution is 9.11. The Labute approximate surface area is 525 Å². The van der Waals surface area contributed by atoms with Gasteiger partial charge in [0.05, 0.1) is 11.2 Å². The molecule has 35 saturated carbocycles. The first-order valence-electron chi connectivity index (χ1n) is 34.8. The SMILES string of the molecule is BrC12CC3C4CC5(Br)CC3C(C1)C(C5)C4C2.BrC12CC3C4CC5CC3C(C1)C(Br)(C5)C4C2.BrC12CC3CC4C1CC1CC2C(C3)C4(Br)C1.C1C2CC3C4CC5CC(C14)C(C2)C3C5.O.OC12CC3C4CC5(O)CC3C(C1)C(C5)C4C2. The second-order valence-corrected chi connectivity index (χ2v) is 46.6. The van der Waals surface area contributed by atoms with Gasteiger partial charge in [-0.2, -0.15) is 0 Å². The number of hydrogen-bond acceptors (Lipinski definition) is 2. The molecule has 8 unspecified atom stereocenters. The molecule has 79 heavy (non-hydrogen) atoms. The minimum atomic E-state index is -0.295. The normalized spacial score (nSPS) is 72.6. The first kappa shape index (κ1) is 52.5. The van der Waals surface area contributed by atoms with Gasteiger partial charge in [0.25, 0.3) is 0 Å². The fraction of sp³-hybridized carbons (Fsp3) is 1.00. The molecule has 0 aromatic heterocycles. The van der Waals surface area contributed by atoms with Crippen LogP contribution in [0.5, 0.6) is 0 Å². The summed E-state index contributed by atoms with van der Waals surface area (Å²) in [5, 5.41) is 21.2. The van der Waals surface area contributed by atoms with E-state index in [2.05, 4.69) is 95.6 Å². The van der Waals surface area contributed by atoms with Gasteiger partial charge in [-0.15, -0.1) is 0 Å². The van der Waals surface area contributed by atoms with Crippen molar-refractivity contribution in [1.82, 2.24) is 0 Å². The van der Waals surface area contributed by atoms with Gasteiger partial charge in [0.2, 0.25) is 0 Å². The molecular formula is C70H96Br6O3. The molecule has 35 aliphatic carbocycles. The van der Waals surface area contributed by atoms with Crippen molar-refractivity contribution in [2.75, 3.05) is 0 Å². The van der Waals surface area contributed by atoms with Crippen LogP contribution in [0.4, 0.5) is 0 Å². The van der Waals surface area contributed by atoms with Crippen LogP contribution in [-0.4, -0.2) is 52.8 Å². The fourth-order valence-corrected chi connectivity index (χ4v) is 41.8. The first-order valence-corrected chi connectivity index (χ1v) is 39.6. The molecule has 40 bridgehead atoms. The highest BCUT2D eigenvalue weighted by atomic mass is 79.9. The zero-order valence-corrected chi connectivity index (χ0v) is 56.9. The summed E-state index contributed by atoms with van der Waals surface area (Å²) in [6, 6.07) is 0. The van der Waals surface area contributed by atoms with Crippen LogP contribution >= 0.6 is 95.6 Å². The number of aliphatic hydroxyl groups is 2. The smallest absolute Gasteiger partial charge is 0.0656 e. The predicted octanol–water partition coefficient (Wildman–Crippen LogP) is 17.1. The summed E-state index contributed by atoms with van der Waals surface area (Å²) in [6.45, 7) is 0. The van der Waals surface area contributed by atoms with E-state index >= 15 is 0 Å². The van der Waals surface area contributed by atoms with E-state index < -0.39 is 0 Å². The summed E-state index contributed by atoms with van der Waals surface area (Å²) < 4.78 is 3.47. The minimum Gasteiger partial charge on any atom is -0.412 e. The van der Waals surface area contributed by atoms with Crippen LogP contribution in [0, 0.1) is 189 Å². The standard InChI is InChI=1S/3C14H18Br2.C14H20O2.C14H20.H2O/c15-13-1-7-8-4-14(16)5-9(7)11(3-13)12(6-14)10(8)2-13;15-13-6-8-3-10-9(13)1-7-2-11(13)12(4-8)14(10,16)5-7;15-13-4-10-8-1-7-2-9(10)12(6-13)14(16,3-7)11(8)5-13;15-13-1-7-8-4-14(16)5-9(7)11(3-13)12(6-14)10(8)2-13;1-7-2-12-10-4-8-5-11(9(1)10)13(3-7)14(12)6-8;/h3*7-12H,1-6H2;7-12,15-16H,1-6H2;7-14H,1-6H2;1H2. The summed E-state index contributed by atoms with van der Waals surface area (Å²) >= 11 is 25.1. The summed E-state index contributed by atoms with van der Waals surface area (Å²) in [7, 11) is 0. The lowest BCUT2D eigenvalue weighted by Crippen LogP contribution is -2.74. The van der Waals surface area contributed by atoms with Crippen LogP contribution in [0.15, 0.2) is 0 Å². The Balaban J connectivity index is 0.0000000722. The van der Waals surface area contributed by atoms with E-state index in [1.165, 1.54) is 124 Å². The highest BCUT2D eigenvalue weighted by Crippen LogP contribution is 2.81. The number of hydrogen-bond donors (Lipinski definition) is 2. The van der Waals surface area contributed by atoms with E-state index in [0.29, 0.717) is 25.9 Å². The molecule has 4 N–H and O–H groups in total. The van der Waals surface area contributed by atoms with Crippen molar-refractivity contribution in [2.24, 2.45) is 189 Å². The molecule has 0 aliphatic heterocycles. The molecule has 35 rings (SSSR count). The summed E-state index contributed by atoms with van der Waals surface area (Å²) in [5.74, 6) is 33.5. The van der Waals surface area contributed by atoms with Gasteiger partial charge in [-0.05, 0) is 382 Å². The molecule has 35 fully saturated rings. The summed E-state index contributed by atoms with van der Waals surface area (Å²) in [4.78, 5) is 0. The molecule has 35 aliphatic rings. The molecule has 436 valence electrons. The highest BCUT2D eigenvalue weighted by Gasteiger charge is 2.76. The topological polar surface area (TPSA) is 72.0 Å². The molecule has 0 aromatic rings. The predicted molar refractivity (Wildman–Crippen MR) is 334 cm³/mol. The minimum absolute atomic E-state index is 0. The maximum Gasteiger partial charge on any atom is 0.0656 e. The van der Waals surface area contributed by atoms with Gasteiger partial charge in [-0.1, -0.05) is 95.6 Å². The lowest BCUT2D eigenvalue weighted by atomic mass is 9.34. The molecule has 0 radical (unpaired) electrons. The average molecular weight is 1460 g/mol. The van der Waals surface area contributed by atoms with Crippen molar-refractivity contribution in [2.45, 2.75) is 230 Å². The molecule has 0 aromatic carbocycles. The van der Waals surface area contributed by atoms with E-state index in [4.69, 9.17) is 0 Å². The van der Waals surface area contributed by atoms with Crippen LogP contribution in [0.2, 0.25) is 0 Å². The third-order valence-corrected chi connectivity index (χ3v) is 42.2. The maximum atomic E-state index is 10.6. The van der Waals surface area contributed by atoms with Gasteiger partial charge < -0.3 is 15.7 Å². The Morgan fingerprint density at radius 1 is 0.203 bits per heavy atom. The monoisotopic (exact) mass is 1460 g/mol. The van der Waals surface area contributed by atoms with Crippen molar-refractivity contribution >= 4 is 95.6 Å². The Hall–Kier alpha value is 2.76. The van der Waals surface area contributed by atoms with Gasteiger partial charge in [-0.25, -0.2) is 0 Å². The third-order valence-electron chi connectivity index (χ3n) is 34.8. The molecule has 8 atom stereocenters. The third kappa shape index (κ3) is 6.73. The summed E-state index contributed by atoms with van der Waals surface area (Å²) in [6.07, 6.45) is 43.6. The second-order valence-electron chi connectivity index (χ2n) is 37.1. The number of rotatable bonds is 0. The van der Waals surface area contributed by atoms with Crippen LogP contribution in [0.25, 0.3) is 0 Å². The lowest BCUT2D eigenvalue weighted by molar-refractivity contribution is -0.289.